The third-order valence-electron chi connectivity index (χ3n) is 3.01. The summed E-state index contributed by atoms with van der Waals surface area (Å²) in [5.74, 6) is 0. The maximum absolute atomic E-state index is 11.4. The molecule has 0 radical (unpaired) electrons. The second-order valence-corrected chi connectivity index (χ2v) is 4.53. The van der Waals surface area contributed by atoms with E-state index in [9.17, 15) is 4.79 Å². The molecule has 2 aromatic rings. The van der Waals surface area contributed by atoms with Crippen molar-refractivity contribution in [3.63, 3.8) is 0 Å². The van der Waals surface area contributed by atoms with Gasteiger partial charge in [0.15, 0.2) is 0 Å². The number of alkyl carbamates (subject to hydrolysis) is 1. The molecule has 1 aliphatic rings. The quantitative estimate of drug-likeness (QED) is 0.887. The molecule has 112 valence electrons. The van der Waals surface area contributed by atoms with Crippen LogP contribution in [-0.2, 0) is 17.5 Å². The number of rotatable bonds is 5. The number of hydrogen-bond donors (Lipinski definition) is 2. The number of amides is 1. The zero-order chi connectivity index (χ0) is 24.3. The van der Waals surface area contributed by atoms with Gasteiger partial charge in [-0.05, 0) is 50.0 Å². The topological polar surface area (TPSA) is 57.4 Å². The summed E-state index contributed by atoms with van der Waals surface area (Å²) >= 11 is 0. The number of fused-ring (bicyclic) bond motifs is 1. The number of aromatic nitrogens is 1. The molecule has 1 aromatic carbocycles. The summed E-state index contributed by atoms with van der Waals surface area (Å²) in [6.07, 6.45) is -4.55. The molecule has 1 aromatic heterocycles. The van der Waals surface area contributed by atoms with E-state index in [1.54, 1.807) is 0 Å². The van der Waals surface area contributed by atoms with Gasteiger partial charge in [-0.2, -0.15) is 0 Å². The van der Waals surface area contributed by atoms with Crippen LogP contribution in [-0.4, -0.2) is 49.1 Å². The predicted molar refractivity (Wildman–Crippen MR) is 82.5 cm³/mol. The first kappa shape index (κ1) is 6.01. The van der Waals surface area contributed by atoms with Crippen molar-refractivity contribution in [2.24, 2.45) is 0 Å². The van der Waals surface area contributed by atoms with Gasteiger partial charge in [0, 0.05) is 37.4 Å². The Balaban J connectivity index is 2.04. The van der Waals surface area contributed by atoms with Gasteiger partial charge < -0.3 is 19.9 Å². The fourth-order valence-corrected chi connectivity index (χ4v) is 2.08. The van der Waals surface area contributed by atoms with Crippen LogP contribution < -0.4 is 5.32 Å². The number of ether oxygens (including phenoxy) is 1. The second-order valence-electron chi connectivity index (χ2n) is 4.53. The summed E-state index contributed by atoms with van der Waals surface area (Å²) < 4.78 is 91.4. The summed E-state index contributed by atoms with van der Waals surface area (Å²) in [7, 11) is 0. The lowest BCUT2D eigenvalue weighted by Gasteiger charge is -2.09. The van der Waals surface area contributed by atoms with Gasteiger partial charge in [-0.1, -0.05) is 6.07 Å². The van der Waals surface area contributed by atoms with E-state index in [0.29, 0.717) is 5.52 Å². The summed E-state index contributed by atoms with van der Waals surface area (Å²) in [6.45, 7) is -7.67. The summed E-state index contributed by atoms with van der Waals surface area (Å²) in [5, 5.41) is 2.31. The van der Waals surface area contributed by atoms with Gasteiger partial charge in [0.1, 0.15) is 6.61 Å². The molecule has 0 spiro atoms. The predicted octanol–water partition coefficient (Wildman–Crippen LogP) is 1.92. The van der Waals surface area contributed by atoms with Crippen molar-refractivity contribution in [2.45, 2.75) is 18.8 Å². The molecule has 0 saturated carbocycles. The molecule has 1 saturated heterocycles. The van der Waals surface area contributed by atoms with Crippen LogP contribution >= 0.6 is 0 Å². The molecule has 3 rings (SSSR count). The Morgan fingerprint density at radius 1 is 1.57 bits per heavy atom. The van der Waals surface area contributed by atoms with Crippen LogP contribution in [0.2, 0.25) is 0 Å². The molecular formula is C16H21N3O2. The number of H-pyrrole nitrogens is 1. The number of likely N-dealkylation sites (N-methyl/N-ethyl adjacent to an activating group) is 1. The van der Waals surface area contributed by atoms with Gasteiger partial charge in [0.25, 0.3) is 0 Å². The van der Waals surface area contributed by atoms with Gasteiger partial charge >= 0.3 is 6.09 Å². The van der Waals surface area contributed by atoms with Crippen molar-refractivity contribution in [3.8, 4) is 0 Å². The van der Waals surface area contributed by atoms with E-state index in [1.807, 2.05) is 0 Å². The average molecular weight is 298 g/mol. The molecule has 5 heteroatoms. The summed E-state index contributed by atoms with van der Waals surface area (Å²) in [4.78, 5) is 14.3. The lowest BCUT2D eigenvalue weighted by Crippen LogP contribution is -2.28. The highest BCUT2D eigenvalue weighted by Gasteiger charge is 2.22. The number of nitrogens with one attached hydrogen (secondary N) is 2. The van der Waals surface area contributed by atoms with Crippen molar-refractivity contribution in [1.29, 1.82) is 0 Å². The minimum absolute atomic E-state index is 0.0500. The second kappa shape index (κ2) is 5.77. The Labute approximate surface area is 139 Å². The van der Waals surface area contributed by atoms with Crippen molar-refractivity contribution in [3.05, 3.63) is 35.5 Å². The van der Waals surface area contributed by atoms with Gasteiger partial charge in [-0.25, -0.2) is 4.79 Å². The highest BCUT2D eigenvalue weighted by molar-refractivity contribution is 5.84. The lowest BCUT2D eigenvalue weighted by molar-refractivity contribution is 0.177. The first-order valence-corrected chi connectivity index (χ1v) is 6.23. The molecule has 0 bridgehead atoms. The fraction of sp³-hybridized carbons (Fsp3) is 0.438. The van der Waals surface area contributed by atoms with Crippen molar-refractivity contribution in [2.75, 3.05) is 27.1 Å². The Morgan fingerprint density at radius 2 is 2.48 bits per heavy atom. The molecular weight excluding hydrogens is 266 g/mol. The number of carbonyl (C=O) groups excluding carboxylic acids is 1. The van der Waals surface area contributed by atoms with Gasteiger partial charge in [-0.15, -0.1) is 0 Å². The maximum atomic E-state index is 11.4. The number of benzene rings is 1. The molecule has 1 atom stereocenters. The van der Waals surface area contributed by atoms with E-state index in [0.717, 1.165) is 0 Å². The lowest BCUT2D eigenvalue weighted by atomic mass is 10.0. The van der Waals surface area contributed by atoms with Crippen LogP contribution in [0.25, 0.3) is 10.9 Å². The van der Waals surface area contributed by atoms with E-state index in [-0.39, 0.29) is 21.4 Å². The number of aromatic amines is 1. The normalized spacial score (nSPS) is 32.0. The van der Waals surface area contributed by atoms with E-state index in [2.05, 4.69) is 15.0 Å². The molecule has 1 amide bonds. The van der Waals surface area contributed by atoms with E-state index in [1.165, 1.54) is 24.4 Å². The highest BCUT2D eigenvalue weighted by atomic mass is 16.6. The smallest absolute Gasteiger partial charge is 0.407 e. The van der Waals surface area contributed by atoms with E-state index in [4.69, 9.17) is 15.1 Å². The largest absolute Gasteiger partial charge is 0.447 e. The van der Waals surface area contributed by atoms with E-state index >= 15 is 0 Å². The van der Waals surface area contributed by atoms with Crippen LogP contribution in [0.4, 0.5) is 4.79 Å². The van der Waals surface area contributed by atoms with Crippen LogP contribution in [0.3, 0.4) is 0 Å². The Morgan fingerprint density at radius 3 is 3.24 bits per heavy atom. The molecule has 1 aliphatic heterocycles. The molecule has 2 heterocycles. The fourth-order valence-electron chi connectivity index (χ4n) is 2.08. The van der Waals surface area contributed by atoms with Crippen molar-refractivity contribution < 1.29 is 24.6 Å². The molecule has 2 N–H and O–H groups in total. The van der Waals surface area contributed by atoms with Crippen LogP contribution in [0.1, 0.15) is 26.2 Å². The van der Waals surface area contributed by atoms with Crippen LogP contribution in [0.15, 0.2) is 24.4 Å². The molecule has 1 fully saturated rings. The van der Waals surface area contributed by atoms with Crippen molar-refractivity contribution >= 4 is 17.0 Å². The summed E-state index contributed by atoms with van der Waals surface area (Å²) in [6, 6.07) is 1.99. The molecule has 0 aliphatic carbocycles. The first-order chi connectivity index (χ1) is 14.4. The average Bonchev–Trinajstić information content (AvgIpc) is 3.21. The van der Waals surface area contributed by atoms with E-state index < -0.39 is 52.0 Å². The number of hydrogen-bond acceptors (Lipinski definition) is 3. The van der Waals surface area contributed by atoms with Gasteiger partial charge in [0.05, 0.1) is 7.39 Å². The maximum Gasteiger partial charge on any atom is 0.407 e. The summed E-state index contributed by atoms with van der Waals surface area (Å²) in [5.41, 5.74) is 0.267. The van der Waals surface area contributed by atoms with Crippen molar-refractivity contribution in [1.82, 2.24) is 15.2 Å². The minimum Gasteiger partial charge on any atom is -0.447 e. The minimum atomic E-state index is -3.08. The Hall–Kier alpha value is -2.01. The number of cyclic esters (lactones) is 1. The third-order valence-corrected chi connectivity index (χ3v) is 3.01. The zero-order valence-electron chi connectivity index (χ0n) is 22.0. The monoisotopic (exact) mass is 298 g/mol. The number of carbonyl (C=O) groups is 1. The van der Waals surface area contributed by atoms with Gasteiger partial charge in [0.2, 0.25) is 0 Å². The van der Waals surface area contributed by atoms with Crippen LogP contribution in [0.5, 0.6) is 0 Å². The standard InChI is InChI=1S/C16H21N3O2/c1-19(2)6-5-12-9-17-15-4-3-11(8-14(12)15)7-13-10-21-16(20)18-13/h3-4,8-9,13,17H,5-7,10H2,1-2H3,(H,18,20)/t13-/m0/s1/i1D3,2D3,5D2,7D2,13D. The highest BCUT2D eigenvalue weighted by Crippen LogP contribution is 2.21. The number of nitrogens with zero attached hydrogens (tertiary/aromatic N) is 1. The van der Waals surface area contributed by atoms with Crippen LogP contribution in [0, 0.1) is 0 Å². The molecule has 21 heavy (non-hydrogen) atoms. The zero-order valence-corrected chi connectivity index (χ0v) is 11.0. The Kier molecular flexibility index (Phi) is 1.65. The first-order valence-electron chi connectivity index (χ1n) is 11.7. The van der Waals surface area contributed by atoms with Gasteiger partial charge in [-0.3, -0.25) is 0 Å². The molecule has 5 nitrogen and oxygen atoms in total. The SMILES string of the molecule is [2H]C([2H])(CN(C([2H])([2H])[2H])C([2H])([2H])[2H])c1c[nH]c2ccc(C([2H])([2H])[C@@]3([2H])COC(=O)N3)cc12. The Bertz CT molecular complexity index is 1020. The third kappa shape index (κ3) is 3.19. The molecule has 0 unspecified atom stereocenters.